The Labute approximate surface area is 135 Å². The largest absolute Gasteiger partial charge is 0.492 e. The maximum absolute atomic E-state index is 12.2. The molecule has 2 aliphatic heterocycles. The fourth-order valence-corrected chi connectivity index (χ4v) is 3.27. The third kappa shape index (κ3) is 3.52. The molecule has 0 aliphatic carbocycles. The first-order valence-electron chi connectivity index (χ1n) is 8.03. The summed E-state index contributed by atoms with van der Waals surface area (Å²) in [6.45, 7) is 3.45. The van der Waals surface area contributed by atoms with Crippen molar-refractivity contribution in [2.24, 2.45) is 5.92 Å². The molecule has 0 bridgehead atoms. The number of benzene rings is 1. The molecule has 1 fully saturated rings. The van der Waals surface area contributed by atoms with Gasteiger partial charge < -0.3 is 24.8 Å². The number of aryl methyl sites for hydroxylation is 1. The molecule has 1 saturated heterocycles. The smallest absolute Gasteiger partial charge is 0.475 e. The Balaban J connectivity index is 1.67. The van der Waals surface area contributed by atoms with Gasteiger partial charge in [0.25, 0.3) is 0 Å². The standard InChI is InChI=1S/C16H22BNO5/c1-10-3-2-4-13-12(9-23-15(10)13)7-14(17(20)21)18-16(19)11-5-6-22-8-11/h2-4,11-12,14,20-21H,5-9H2,1H3,(H,18,19)/t11-,12-,14+/m1/s1. The van der Waals surface area contributed by atoms with Gasteiger partial charge in [-0.1, -0.05) is 18.2 Å². The van der Waals surface area contributed by atoms with E-state index in [9.17, 15) is 14.8 Å². The lowest BCUT2D eigenvalue weighted by Gasteiger charge is -2.22. The highest BCUT2D eigenvalue weighted by molar-refractivity contribution is 6.43. The lowest BCUT2D eigenvalue weighted by molar-refractivity contribution is -0.125. The zero-order valence-electron chi connectivity index (χ0n) is 13.2. The molecule has 2 aliphatic rings. The average Bonchev–Trinajstić information content (AvgIpc) is 3.17. The molecule has 3 rings (SSSR count). The van der Waals surface area contributed by atoms with Crippen LogP contribution in [-0.2, 0) is 9.53 Å². The molecule has 0 spiro atoms. The van der Waals surface area contributed by atoms with Crippen molar-refractivity contribution >= 4 is 13.0 Å². The van der Waals surface area contributed by atoms with E-state index in [2.05, 4.69) is 5.32 Å². The van der Waals surface area contributed by atoms with Crippen LogP contribution in [0.15, 0.2) is 18.2 Å². The topological polar surface area (TPSA) is 88.0 Å². The molecule has 1 amide bonds. The molecule has 1 aromatic rings. The maximum Gasteiger partial charge on any atom is 0.475 e. The lowest BCUT2D eigenvalue weighted by Crippen LogP contribution is -2.49. The van der Waals surface area contributed by atoms with Crippen LogP contribution in [-0.4, -0.2) is 48.8 Å². The summed E-state index contributed by atoms with van der Waals surface area (Å²) in [5, 5.41) is 22.0. The van der Waals surface area contributed by atoms with Gasteiger partial charge in [0.05, 0.1) is 25.1 Å². The molecule has 3 N–H and O–H groups in total. The SMILES string of the molecule is Cc1cccc2c1OC[C@H]2C[C@H](NC(=O)[C@@H]1CCOC1)B(O)O. The molecule has 0 radical (unpaired) electrons. The number of para-hydroxylation sites is 1. The second-order valence-electron chi connectivity index (χ2n) is 6.33. The van der Waals surface area contributed by atoms with Crippen LogP contribution in [0.1, 0.15) is 29.9 Å². The van der Waals surface area contributed by atoms with Crippen molar-refractivity contribution in [3.05, 3.63) is 29.3 Å². The first kappa shape index (κ1) is 16.3. The van der Waals surface area contributed by atoms with E-state index in [1.165, 1.54) is 0 Å². The molecule has 2 heterocycles. The predicted octanol–water partition coefficient (Wildman–Crippen LogP) is 0.394. The first-order chi connectivity index (χ1) is 11.1. The molecular formula is C16H22BNO5. The van der Waals surface area contributed by atoms with E-state index in [-0.39, 0.29) is 17.7 Å². The summed E-state index contributed by atoms with van der Waals surface area (Å²) in [7, 11) is -1.60. The number of hydrogen-bond acceptors (Lipinski definition) is 5. The summed E-state index contributed by atoms with van der Waals surface area (Å²) in [4.78, 5) is 12.2. The molecule has 6 nitrogen and oxygen atoms in total. The van der Waals surface area contributed by atoms with Crippen LogP contribution in [0.5, 0.6) is 5.75 Å². The third-order valence-corrected chi connectivity index (χ3v) is 4.64. The first-order valence-corrected chi connectivity index (χ1v) is 8.03. The van der Waals surface area contributed by atoms with Gasteiger partial charge in [0.2, 0.25) is 5.91 Å². The van der Waals surface area contributed by atoms with E-state index in [0.717, 1.165) is 16.9 Å². The van der Waals surface area contributed by atoms with E-state index >= 15 is 0 Å². The van der Waals surface area contributed by atoms with Gasteiger partial charge in [-0.3, -0.25) is 4.79 Å². The maximum atomic E-state index is 12.2. The summed E-state index contributed by atoms with van der Waals surface area (Å²) >= 11 is 0. The molecule has 23 heavy (non-hydrogen) atoms. The average molecular weight is 319 g/mol. The van der Waals surface area contributed by atoms with Crippen molar-refractivity contribution in [1.29, 1.82) is 0 Å². The second-order valence-corrected chi connectivity index (χ2v) is 6.33. The lowest BCUT2D eigenvalue weighted by atomic mass is 9.73. The molecule has 1 aromatic carbocycles. The molecule has 124 valence electrons. The van der Waals surface area contributed by atoms with Crippen LogP contribution in [0.2, 0.25) is 0 Å². The summed E-state index contributed by atoms with van der Waals surface area (Å²) in [6.07, 6.45) is 1.10. The van der Waals surface area contributed by atoms with Gasteiger partial charge in [0.15, 0.2) is 0 Å². The fourth-order valence-electron chi connectivity index (χ4n) is 3.27. The van der Waals surface area contributed by atoms with E-state index in [0.29, 0.717) is 32.7 Å². The van der Waals surface area contributed by atoms with Gasteiger partial charge in [-0.05, 0) is 25.3 Å². The van der Waals surface area contributed by atoms with Gasteiger partial charge >= 0.3 is 7.12 Å². The summed E-state index contributed by atoms with van der Waals surface area (Å²) in [5.41, 5.74) is 2.13. The zero-order valence-corrected chi connectivity index (χ0v) is 13.2. The van der Waals surface area contributed by atoms with Crippen molar-refractivity contribution in [1.82, 2.24) is 5.32 Å². The number of rotatable bonds is 5. The van der Waals surface area contributed by atoms with Crippen LogP contribution >= 0.6 is 0 Å². The summed E-state index contributed by atoms with van der Waals surface area (Å²) in [5.74, 6) is -0.186. The van der Waals surface area contributed by atoms with E-state index < -0.39 is 13.1 Å². The monoisotopic (exact) mass is 319 g/mol. The highest BCUT2D eigenvalue weighted by atomic mass is 16.5. The van der Waals surface area contributed by atoms with Crippen molar-refractivity contribution < 1.29 is 24.3 Å². The zero-order chi connectivity index (χ0) is 16.4. The Bertz CT molecular complexity index is 574. The highest BCUT2D eigenvalue weighted by Gasteiger charge is 2.35. The van der Waals surface area contributed by atoms with E-state index in [1.807, 2.05) is 25.1 Å². The fraction of sp³-hybridized carbons (Fsp3) is 0.562. The molecule has 7 heteroatoms. The summed E-state index contributed by atoms with van der Waals surface area (Å²) in [6, 6.07) is 5.95. The number of nitrogens with one attached hydrogen (secondary N) is 1. The van der Waals surface area contributed by atoms with E-state index in [1.54, 1.807) is 0 Å². The normalized spacial score (nSPS) is 24.0. The second kappa shape index (κ2) is 6.90. The summed E-state index contributed by atoms with van der Waals surface area (Å²) < 4.78 is 10.9. The minimum atomic E-state index is -1.60. The van der Waals surface area contributed by atoms with Crippen LogP contribution in [0.3, 0.4) is 0 Å². The number of hydrogen-bond donors (Lipinski definition) is 3. The van der Waals surface area contributed by atoms with Crippen molar-refractivity contribution in [2.45, 2.75) is 31.6 Å². The third-order valence-electron chi connectivity index (χ3n) is 4.64. The molecular weight excluding hydrogens is 297 g/mol. The van der Waals surface area contributed by atoms with Crippen LogP contribution in [0, 0.1) is 12.8 Å². The van der Waals surface area contributed by atoms with Crippen molar-refractivity contribution in [3.8, 4) is 5.75 Å². The highest BCUT2D eigenvalue weighted by Crippen LogP contribution is 2.38. The minimum absolute atomic E-state index is 0.0387. The molecule has 3 atom stereocenters. The molecule has 0 aromatic heterocycles. The Kier molecular flexibility index (Phi) is 4.89. The number of fused-ring (bicyclic) bond motifs is 1. The Morgan fingerprint density at radius 2 is 2.26 bits per heavy atom. The molecule has 0 unspecified atom stereocenters. The van der Waals surface area contributed by atoms with Crippen LogP contribution in [0.25, 0.3) is 0 Å². The van der Waals surface area contributed by atoms with E-state index in [4.69, 9.17) is 9.47 Å². The predicted molar refractivity (Wildman–Crippen MR) is 85.1 cm³/mol. The van der Waals surface area contributed by atoms with Gasteiger partial charge in [0, 0.05) is 18.1 Å². The van der Waals surface area contributed by atoms with Gasteiger partial charge in [-0.2, -0.15) is 0 Å². The van der Waals surface area contributed by atoms with Crippen molar-refractivity contribution in [2.75, 3.05) is 19.8 Å². The van der Waals surface area contributed by atoms with Gasteiger partial charge in [-0.15, -0.1) is 0 Å². The van der Waals surface area contributed by atoms with Gasteiger partial charge in [0.1, 0.15) is 5.75 Å². The quantitative estimate of drug-likeness (QED) is 0.684. The number of ether oxygens (including phenoxy) is 2. The minimum Gasteiger partial charge on any atom is -0.492 e. The van der Waals surface area contributed by atoms with Crippen LogP contribution < -0.4 is 10.1 Å². The number of amides is 1. The Hall–Kier alpha value is -1.57. The number of carbonyl (C=O) groups is 1. The molecule has 0 saturated carbocycles. The van der Waals surface area contributed by atoms with Gasteiger partial charge in [-0.25, -0.2) is 0 Å². The Morgan fingerprint density at radius 1 is 1.43 bits per heavy atom. The Morgan fingerprint density at radius 3 is 2.96 bits per heavy atom. The van der Waals surface area contributed by atoms with Crippen LogP contribution in [0.4, 0.5) is 0 Å². The van der Waals surface area contributed by atoms with Crippen molar-refractivity contribution in [3.63, 3.8) is 0 Å². The number of carbonyl (C=O) groups excluding carboxylic acids is 1.